The molecule has 9 heteroatoms. The molecule has 0 spiro atoms. The Balaban J connectivity index is 1.64. The molecule has 3 aromatic carbocycles. The molecule has 1 N–H and O–H groups in total. The van der Waals surface area contributed by atoms with Crippen molar-refractivity contribution >= 4 is 29.6 Å². The van der Waals surface area contributed by atoms with Gasteiger partial charge in [-0.15, -0.1) is 0 Å². The number of anilines is 1. The smallest absolute Gasteiger partial charge is 0.336 e. The van der Waals surface area contributed by atoms with Gasteiger partial charge in [-0.1, -0.05) is 36.4 Å². The summed E-state index contributed by atoms with van der Waals surface area (Å²) in [6, 6.07) is 18.5. The van der Waals surface area contributed by atoms with Crippen LogP contribution in [0.25, 0.3) is 6.08 Å². The van der Waals surface area contributed by atoms with E-state index in [2.05, 4.69) is 5.32 Å². The monoisotopic (exact) mass is 488 g/mol. The van der Waals surface area contributed by atoms with Gasteiger partial charge in [-0.2, -0.15) is 0 Å². The number of nitrogens with one attached hydrogen (secondary N) is 1. The molecule has 1 aliphatic heterocycles. The maximum absolute atomic E-state index is 13.3. The zero-order chi connectivity index (χ0) is 25.7. The van der Waals surface area contributed by atoms with Crippen LogP contribution in [-0.4, -0.2) is 39.2 Å². The molecule has 0 aromatic heterocycles. The van der Waals surface area contributed by atoms with Gasteiger partial charge in [0.25, 0.3) is 11.8 Å². The van der Waals surface area contributed by atoms with E-state index in [1.165, 1.54) is 33.5 Å². The van der Waals surface area contributed by atoms with Gasteiger partial charge >= 0.3 is 6.03 Å². The van der Waals surface area contributed by atoms with E-state index in [0.717, 1.165) is 10.5 Å². The fraction of sp³-hybridized carbons (Fsp3) is 0.148. The van der Waals surface area contributed by atoms with E-state index in [9.17, 15) is 14.4 Å². The number of urea groups is 1. The van der Waals surface area contributed by atoms with Crippen LogP contribution in [0.2, 0.25) is 0 Å². The molecule has 0 atom stereocenters. The van der Waals surface area contributed by atoms with Crippen LogP contribution in [0.15, 0.2) is 72.3 Å². The van der Waals surface area contributed by atoms with Gasteiger partial charge in [0.1, 0.15) is 23.7 Å². The standard InChI is InChI=1S/C27H24N2O7/c1-33-19-10-12-22(34-2)21(15-19)29-26(31)20(25(30)28-27(29)32)13-18-9-11-23(24(14-18)35-3)36-16-17-7-5-4-6-8-17/h4-15H,16H2,1-3H3,(H,28,30,32)/b20-13+. The second-order valence-corrected chi connectivity index (χ2v) is 7.68. The molecule has 0 radical (unpaired) electrons. The fourth-order valence-corrected chi connectivity index (χ4v) is 3.64. The summed E-state index contributed by atoms with van der Waals surface area (Å²) in [6.45, 7) is 0.345. The van der Waals surface area contributed by atoms with Gasteiger partial charge in [0.2, 0.25) is 0 Å². The van der Waals surface area contributed by atoms with E-state index in [4.69, 9.17) is 18.9 Å². The van der Waals surface area contributed by atoms with Crippen molar-refractivity contribution in [3.8, 4) is 23.0 Å². The fourth-order valence-electron chi connectivity index (χ4n) is 3.64. The maximum Gasteiger partial charge on any atom is 0.336 e. The molecule has 9 nitrogen and oxygen atoms in total. The molecule has 1 heterocycles. The van der Waals surface area contributed by atoms with E-state index in [1.807, 2.05) is 30.3 Å². The zero-order valence-corrected chi connectivity index (χ0v) is 19.9. The quantitative estimate of drug-likeness (QED) is 0.378. The summed E-state index contributed by atoms with van der Waals surface area (Å²) in [5.74, 6) is -0.0309. The lowest BCUT2D eigenvalue weighted by molar-refractivity contribution is -0.122. The van der Waals surface area contributed by atoms with Crippen molar-refractivity contribution in [3.63, 3.8) is 0 Å². The highest BCUT2D eigenvalue weighted by molar-refractivity contribution is 6.39. The number of hydrogen-bond acceptors (Lipinski definition) is 7. The molecule has 1 fully saturated rings. The Kier molecular flexibility index (Phi) is 7.20. The van der Waals surface area contributed by atoms with Crippen molar-refractivity contribution in [2.24, 2.45) is 0 Å². The van der Waals surface area contributed by atoms with Gasteiger partial charge in [-0.25, -0.2) is 9.69 Å². The molecule has 4 amide bonds. The minimum Gasteiger partial charge on any atom is -0.497 e. The van der Waals surface area contributed by atoms with E-state index in [1.54, 1.807) is 30.3 Å². The molecule has 36 heavy (non-hydrogen) atoms. The largest absolute Gasteiger partial charge is 0.497 e. The van der Waals surface area contributed by atoms with Crippen molar-refractivity contribution in [2.45, 2.75) is 6.61 Å². The van der Waals surface area contributed by atoms with Crippen molar-refractivity contribution < 1.29 is 33.3 Å². The highest BCUT2D eigenvalue weighted by Crippen LogP contribution is 2.35. The molecule has 184 valence electrons. The molecule has 0 saturated carbocycles. The van der Waals surface area contributed by atoms with E-state index in [-0.39, 0.29) is 17.0 Å². The molecule has 1 aliphatic rings. The second kappa shape index (κ2) is 10.6. The molecule has 1 saturated heterocycles. The summed E-state index contributed by atoms with van der Waals surface area (Å²) in [5, 5.41) is 2.20. The third-order valence-electron chi connectivity index (χ3n) is 5.46. The van der Waals surface area contributed by atoms with Crippen LogP contribution >= 0.6 is 0 Å². The first-order valence-corrected chi connectivity index (χ1v) is 10.9. The lowest BCUT2D eigenvalue weighted by atomic mass is 10.1. The van der Waals surface area contributed by atoms with Crippen molar-refractivity contribution in [3.05, 3.63) is 83.4 Å². The van der Waals surface area contributed by atoms with Crippen LogP contribution in [0, 0.1) is 0 Å². The summed E-state index contributed by atoms with van der Waals surface area (Å²) >= 11 is 0. The average Bonchev–Trinajstić information content (AvgIpc) is 2.90. The van der Waals surface area contributed by atoms with Crippen LogP contribution in [0.5, 0.6) is 23.0 Å². The lowest BCUT2D eigenvalue weighted by Crippen LogP contribution is -2.54. The SMILES string of the molecule is COc1ccc(OC)c(N2C(=O)NC(=O)/C(=C\c3ccc(OCc4ccccc4)c(OC)c3)C2=O)c1. The number of carbonyl (C=O) groups is 3. The first-order chi connectivity index (χ1) is 17.4. The van der Waals surface area contributed by atoms with Gasteiger partial charge in [-0.3, -0.25) is 14.9 Å². The maximum atomic E-state index is 13.3. The third kappa shape index (κ3) is 5.00. The van der Waals surface area contributed by atoms with Gasteiger partial charge in [0.15, 0.2) is 11.5 Å². The van der Waals surface area contributed by atoms with Crippen molar-refractivity contribution in [1.82, 2.24) is 5.32 Å². The highest BCUT2D eigenvalue weighted by atomic mass is 16.5. The number of imide groups is 2. The van der Waals surface area contributed by atoms with Crippen molar-refractivity contribution in [2.75, 3.05) is 26.2 Å². The number of barbiturate groups is 1. The van der Waals surface area contributed by atoms with Crippen LogP contribution < -0.4 is 29.2 Å². The van der Waals surface area contributed by atoms with Crippen LogP contribution in [0.1, 0.15) is 11.1 Å². The number of carbonyl (C=O) groups excluding carboxylic acids is 3. The molecule has 4 rings (SSSR count). The predicted octanol–water partition coefficient (Wildman–Crippen LogP) is 3.96. The van der Waals surface area contributed by atoms with Gasteiger partial charge in [0.05, 0.1) is 27.0 Å². The molecular formula is C27H24N2O7. The number of amides is 4. The number of ether oxygens (including phenoxy) is 4. The Hall–Kier alpha value is -4.79. The Bertz CT molecular complexity index is 1340. The lowest BCUT2D eigenvalue weighted by Gasteiger charge is -2.27. The normalized spacial score (nSPS) is 14.5. The zero-order valence-electron chi connectivity index (χ0n) is 19.9. The summed E-state index contributed by atoms with van der Waals surface area (Å²) in [4.78, 5) is 39.4. The summed E-state index contributed by atoms with van der Waals surface area (Å²) < 4.78 is 21.8. The van der Waals surface area contributed by atoms with E-state index < -0.39 is 17.8 Å². The minimum atomic E-state index is -0.893. The number of nitrogens with zero attached hydrogens (tertiary/aromatic N) is 1. The summed E-state index contributed by atoms with van der Waals surface area (Å²) in [6.07, 6.45) is 1.38. The van der Waals surface area contributed by atoms with E-state index >= 15 is 0 Å². The average molecular weight is 488 g/mol. The number of methoxy groups -OCH3 is 3. The summed E-state index contributed by atoms with van der Waals surface area (Å²) in [5.41, 5.74) is 1.40. The van der Waals surface area contributed by atoms with Crippen LogP contribution in [-0.2, 0) is 16.2 Å². The number of rotatable bonds is 8. The first kappa shape index (κ1) is 24.3. The minimum absolute atomic E-state index is 0.139. The van der Waals surface area contributed by atoms with Crippen LogP contribution in [0.3, 0.4) is 0 Å². The Morgan fingerprint density at radius 1 is 0.806 bits per heavy atom. The van der Waals surface area contributed by atoms with Crippen molar-refractivity contribution in [1.29, 1.82) is 0 Å². The third-order valence-corrected chi connectivity index (χ3v) is 5.46. The number of benzene rings is 3. The number of hydrogen-bond donors (Lipinski definition) is 1. The second-order valence-electron chi connectivity index (χ2n) is 7.68. The summed E-state index contributed by atoms with van der Waals surface area (Å²) in [7, 11) is 4.36. The highest BCUT2D eigenvalue weighted by Gasteiger charge is 2.38. The van der Waals surface area contributed by atoms with E-state index in [0.29, 0.717) is 29.4 Å². The first-order valence-electron chi connectivity index (χ1n) is 10.9. The predicted molar refractivity (Wildman–Crippen MR) is 132 cm³/mol. The van der Waals surface area contributed by atoms with Gasteiger partial charge in [0, 0.05) is 6.07 Å². The van der Waals surface area contributed by atoms with Gasteiger partial charge in [-0.05, 0) is 41.5 Å². The molecular weight excluding hydrogens is 464 g/mol. The molecule has 0 aliphatic carbocycles. The Labute approximate surface area is 207 Å². The van der Waals surface area contributed by atoms with Gasteiger partial charge < -0.3 is 18.9 Å². The molecule has 0 bridgehead atoms. The molecule has 3 aromatic rings. The Morgan fingerprint density at radius 3 is 2.22 bits per heavy atom. The topological polar surface area (TPSA) is 103 Å². The van der Waals surface area contributed by atoms with Crippen LogP contribution in [0.4, 0.5) is 10.5 Å². The molecule has 0 unspecified atom stereocenters. The Morgan fingerprint density at radius 2 is 1.53 bits per heavy atom.